The quantitative estimate of drug-likeness (QED) is 0.138. The third-order valence-corrected chi connectivity index (χ3v) is 12.8. The summed E-state index contributed by atoms with van der Waals surface area (Å²) in [6.45, 7) is 0.224. The Labute approximate surface area is 238 Å². The summed E-state index contributed by atoms with van der Waals surface area (Å²) in [7, 11) is -1.64. The van der Waals surface area contributed by atoms with Gasteiger partial charge in [0, 0.05) is 105 Å². The average molecular weight is 627 g/mol. The number of hydrogen-bond donors (Lipinski definition) is 2. The molecule has 0 rings (SSSR count). The zero-order chi connectivity index (χ0) is 26.0. The summed E-state index contributed by atoms with van der Waals surface area (Å²) in [6.07, 6.45) is 4.15. The molecule has 6 nitrogen and oxygen atoms in total. The van der Waals surface area contributed by atoms with Crippen LogP contribution in [0.25, 0.3) is 0 Å². The molecule has 0 saturated heterocycles. The summed E-state index contributed by atoms with van der Waals surface area (Å²) in [4.78, 5) is 23.5. The molecule has 0 aromatic heterocycles. The van der Waals surface area contributed by atoms with Crippen LogP contribution in [0.15, 0.2) is 0 Å². The number of carbonyl (C=O) groups is 2. The minimum atomic E-state index is -0.834. The van der Waals surface area contributed by atoms with Crippen LogP contribution in [-0.4, -0.2) is 111 Å². The molecule has 0 amide bonds. The van der Waals surface area contributed by atoms with Crippen molar-refractivity contribution in [3.8, 4) is 0 Å². The number of aliphatic hydroxyl groups excluding tert-OH is 2. The molecule has 2 N–H and O–H groups in total. The third-order valence-electron chi connectivity index (χ3n) is 4.26. The number of thioether (sulfide) groups is 5. The maximum absolute atomic E-state index is 12.1. The van der Waals surface area contributed by atoms with E-state index in [-0.39, 0.29) is 23.4 Å². The fourth-order valence-corrected chi connectivity index (χ4v) is 10.1. The fourth-order valence-electron chi connectivity index (χ4n) is 2.45. The Balaban J connectivity index is 3.40. The van der Waals surface area contributed by atoms with Crippen LogP contribution in [0.1, 0.15) is 38.5 Å². The molecule has 0 aromatic carbocycles. The molecule has 0 saturated carbocycles. The van der Waals surface area contributed by atoms with Gasteiger partial charge in [0.1, 0.15) is 0 Å². The van der Waals surface area contributed by atoms with Gasteiger partial charge in [-0.2, -0.15) is 35.3 Å². The summed E-state index contributed by atoms with van der Waals surface area (Å²) in [5, 5.41) is 17.8. The largest absolute Gasteiger partial charge is 0.396 e. The number of hydrogen-bond acceptors (Lipinski definition) is 11. The number of aliphatic hydroxyl groups is 2. The summed E-state index contributed by atoms with van der Waals surface area (Å²) in [6, 6.07) is 0. The third kappa shape index (κ3) is 28.1. The van der Waals surface area contributed by atoms with Gasteiger partial charge in [-0.05, 0) is 37.2 Å². The molecule has 0 aromatic rings. The lowest BCUT2D eigenvalue weighted by Gasteiger charge is -2.04. The topological polar surface area (TPSA) is 109 Å². The van der Waals surface area contributed by atoms with Crippen molar-refractivity contribution in [1.82, 2.24) is 0 Å². The van der Waals surface area contributed by atoms with Crippen molar-refractivity contribution in [2.45, 2.75) is 38.5 Å². The van der Waals surface area contributed by atoms with Gasteiger partial charge in [-0.25, -0.2) is 0 Å². The van der Waals surface area contributed by atoms with E-state index in [1.54, 1.807) is 35.3 Å². The molecular weight excluding hydrogens is 585 g/mol. The lowest BCUT2D eigenvalue weighted by atomic mass is 10.5. The van der Waals surface area contributed by atoms with Crippen LogP contribution in [0.4, 0.5) is 0 Å². The summed E-state index contributed by atoms with van der Waals surface area (Å²) < 4.78 is 23.7. The van der Waals surface area contributed by atoms with E-state index >= 15 is 0 Å². The highest BCUT2D eigenvalue weighted by atomic mass is 32.2. The number of carbonyl (C=O) groups excluding carboxylic acids is 2. The van der Waals surface area contributed by atoms with E-state index in [0.29, 0.717) is 54.4 Å². The zero-order valence-electron chi connectivity index (χ0n) is 20.5. The maximum atomic E-state index is 12.1. The molecular formula is C22H42O6S7. The highest BCUT2D eigenvalue weighted by molar-refractivity contribution is 8.14. The molecule has 2 atom stereocenters. The molecule has 0 spiro atoms. The molecule has 0 fully saturated rings. The number of rotatable bonds is 26. The second-order valence-corrected chi connectivity index (χ2v) is 16.7. The van der Waals surface area contributed by atoms with E-state index in [0.717, 1.165) is 53.1 Å². The van der Waals surface area contributed by atoms with Crippen molar-refractivity contribution in [2.24, 2.45) is 0 Å². The van der Waals surface area contributed by atoms with Crippen LogP contribution in [0.5, 0.6) is 0 Å². The first-order valence-corrected chi connectivity index (χ1v) is 20.4. The van der Waals surface area contributed by atoms with E-state index < -0.39 is 21.6 Å². The zero-order valence-corrected chi connectivity index (χ0v) is 26.2. The smallest absolute Gasteiger partial charge is 0.189 e. The molecule has 13 heteroatoms. The van der Waals surface area contributed by atoms with E-state index in [9.17, 15) is 18.0 Å². The first-order valence-electron chi connectivity index (χ1n) is 12.0. The van der Waals surface area contributed by atoms with E-state index in [1.807, 2.05) is 0 Å². The van der Waals surface area contributed by atoms with Crippen molar-refractivity contribution in [2.75, 3.05) is 82.2 Å². The molecule has 0 aliphatic heterocycles. The van der Waals surface area contributed by atoms with Crippen LogP contribution in [0.2, 0.25) is 0 Å². The van der Waals surface area contributed by atoms with Crippen LogP contribution >= 0.6 is 58.8 Å². The van der Waals surface area contributed by atoms with Crippen molar-refractivity contribution in [1.29, 1.82) is 0 Å². The van der Waals surface area contributed by atoms with Crippen molar-refractivity contribution in [3.63, 3.8) is 0 Å². The fraction of sp³-hybridized carbons (Fsp3) is 0.909. The van der Waals surface area contributed by atoms with Gasteiger partial charge >= 0.3 is 0 Å². The molecule has 2 unspecified atom stereocenters. The van der Waals surface area contributed by atoms with Gasteiger partial charge in [-0.15, -0.1) is 0 Å². The lowest BCUT2D eigenvalue weighted by Crippen LogP contribution is -2.07. The lowest BCUT2D eigenvalue weighted by molar-refractivity contribution is -0.111. The van der Waals surface area contributed by atoms with Crippen molar-refractivity contribution >= 4 is 90.6 Å². The predicted molar refractivity (Wildman–Crippen MR) is 165 cm³/mol. The van der Waals surface area contributed by atoms with Gasteiger partial charge in [0.05, 0.1) is 0 Å². The molecule has 208 valence electrons. The predicted octanol–water partition coefficient (Wildman–Crippen LogP) is 3.53. The highest BCUT2D eigenvalue weighted by Crippen LogP contribution is 2.14. The summed E-state index contributed by atoms with van der Waals surface area (Å²) in [5.74, 6) is 9.30. The Morgan fingerprint density at radius 3 is 1.57 bits per heavy atom. The second kappa shape index (κ2) is 28.3. The monoisotopic (exact) mass is 626 g/mol. The normalized spacial score (nSPS) is 13.1. The van der Waals surface area contributed by atoms with Gasteiger partial charge in [-0.1, -0.05) is 23.5 Å². The molecule has 0 radical (unpaired) electrons. The Bertz CT molecular complexity index is 580. The first kappa shape index (κ1) is 36.3. The molecule has 0 aliphatic carbocycles. The second-order valence-electron chi connectivity index (χ2n) is 7.34. The van der Waals surface area contributed by atoms with Crippen LogP contribution in [0, 0.1) is 0 Å². The minimum absolute atomic E-state index is 0.0948. The van der Waals surface area contributed by atoms with Gasteiger partial charge in [0.25, 0.3) is 0 Å². The summed E-state index contributed by atoms with van der Waals surface area (Å²) >= 11 is 7.89. The van der Waals surface area contributed by atoms with Gasteiger partial charge in [0.2, 0.25) is 0 Å². The Hall–Kier alpha value is 1.31. The molecule has 0 aliphatic rings. The van der Waals surface area contributed by atoms with Crippen LogP contribution in [-0.2, 0) is 31.2 Å². The molecule has 35 heavy (non-hydrogen) atoms. The van der Waals surface area contributed by atoms with E-state index in [4.69, 9.17) is 10.2 Å². The van der Waals surface area contributed by atoms with Gasteiger partial charge in [-0.3, -0.25) is 18.0 Å². The SMILES string of the molecule is O=C(CCSCCCS(=O)CCSCCSC(=O)CCSCCCS(=O)CCCO)SCCCO. The van der Waals surface area contributed by atoms with Gasteiger partial charge in [0.15, 0.2) is 10.2 Å². The highest BCUT2D eigenvalue weighted by Gasteiger charge is 2.06. The maximum Gasteiger partial charge on any atom is 0.189 e. The van der Waals surface area contributed by atoms with E-state index in [1.165, 1.54) is 23.5 Å². The Morgan fingerprint density at radius 1 is 0.514 bits per heavy atom. The van der Waals surface area contributed by atoms with Gasteiger partial charge < -0.3 is 10.2 Å². The standard InChI is InChI=1S/C22H42O6S7/c23-7-1-11-32-21(25)5-12-30-10-4-19-35(28)20-16-31-14-15-33-22(26)6-13-29-9-3-18-34(27)17-2-8-24/h23-24H,1-20H2. The molecule has 0 heterocycles. The van der Waals surface area contributed by atoms with Crippen molar-refractivity contribution in [3.05, 3.63) is 0 Å². The van der Waals surface area contributed by atoms with Crippen LogP contribution < -0.4 is 0 Å². The summed E-state index contributed by atoms with van der Waals surface area (Å²) in [5.41, 5.74) is 0. The Morgan fingerprint density at radius 2 is 1.00 bits per heavy atom. The molecule has 0 bridgehead atoms. The Kier molecular flexibility index (Phi) is 29.4. The first-order chi connectivity index (χ1) is 17.0. The average Bonchev–Trinajstić information content (AvgIpc) is 2.84. The van der Waals surface area contributed by atoms with Crippen molar-refractivity contribution < 1.29 is 28.2 Å². The van der Waals surface area contributed by atoms with Crippen LogP contribution in [0.3, 0.4) is 0 Å². The van der Waals surface area contributed by atoms with E-state index in [2.05, 4.69) is 0 Å². The minimum Gasteiger partial charge on any atom is -0.396 e.